The second-order valence-electron chi connectivity index (χ2n) is 7.35. The molecule has 0 aliphatic carbocycles. The molecule has 2 aromatic rings. The van der Waals surface area contributed by atoms with Gasteiger partial charge in [-0.2, -0.15) is 5.10 Å². The quantitative estimate of drug-likeness (QED) is 0.811. The largest absolute Gasteiger partial charge is 0.361 e. The molecule has 0 atom stereocenters. The van der Waals surface area contributed by atoms with E-state index in [0.29, 0.717) is 31.2 Å². The standard InChI is InChI=1S/C18H27N5O3/c1-5-23-16(19-21(4)18(23)25)13-6-8-22(9-7-13)17(24)15-11-14(26-20-15)10-12(2)3/h11-13H,5-10H2,1-4H3. The van der Waals surface area contributed by atoms with Crippen LogP contribution in [0.3, 0.4) is 0 Å². The van der Waals surface area contributed by atoms with Crippen molar-refractivity contribution in [3.05, 3.63) is 33.8 Å². The van der Waals surface area contributed by atoms with Gasteiger partial charge >= 0.3 is 5.69 Å². The molecule has 3 rings (SSSR count). The van der Waals surface area contributed by atoms with Gasteiger partial charge in [-0.3, -0.25) is 9.36 Å². The Morgan fingerprint density at radius 3 is 2.65 bits per heavy atom. The summed E-state index contributed by atoms with van der Waals surface area (Å²) >= 11 is 0. The smallest absolute Gasteiger partial charge is 0.345 e. The molecule has 1 aliphatic heterocycles. The van der Waals surface area contributed by atoms with E-state index in [4.69, 9.17) is 4.52 Å². The van der Waals surface area contributed by atoms with Gasteiger partial charge < -0.3 is 9.42 Å². The van der Waals surface area contributed by atoms with Crippen molar-refractivity contribution in [1.29, 1.82) is 0 Å². The lowest BCUT2D eigenvalue weighted by molar-refractivity contribution is 0.0699. The first-order valence-electron chi connectivity index (χ1n) is 9.29. The van der Waals surface area contributed by atoms with Gasteiger partial charge in [-0.1, -0.05) is 19.0 Å². The van der Waals surface area contributed by atoms with E-state index >= 15 is 0 Å². The molecule has 1 fully saturated rings. The molecule has 0 N–H and O–H groups in total. The highest BCUT2D eigenvalue weighted by Gasteiger charge is 2.29. The van der Waals surface area contributed by atoms with Gasteiger partial charge in [0, 0.05) is 45.1 Å². The average molecular weight is 361 g/mol. The monoisotopic (exact) mass is 361 g/mol. The number of carbonyl (C=O) groups excluding carboxylic acids is 1. The van der Waals surface area contributed by atoms with Crippen LogP contribution in [-0.4, -0.2) is 43.4 Å². The average Bonchev–Trinajstić information content (AvgIpc) is 3.19. The van der Waals surface area contributed by atoms with Gasteiger partial charge in [-0.25, -0.2) is 9.48 Å². The fourth-order valence-electron chi connectivity index (χ4n) is 3.54. The maximum absolute atomic E-state index is 12.7. The third-order valence-electron chi connectivity index (χ3n) is 4.89. The molecule has 1 saturated heterocycles. The molecule has 0 unspecified atom stereocenters. The molecule has 0 saturated carbocycles. The SMILES string of the molecule is CCn1c(C2CCN(C(=O)c3cc(CC(C)C)on3)CC2)nn(C)c1=O. The molecule has 1 aliphatic rings. The Bertz CT molecular complexity index is 824. The van der Waals surface area contributed by atoms with Crippen LogP contribution < -0.4 is 5.69 Å². The van der Waals surface area contributed by atoms with Crippen LogP contribution >= 0.6 is 0 Å². The maximum Gasteiger partial charge on any atom is 0.345 e. The Kier molecular flexibility index (Phi) is 5.29. The van der Waals surface area contributed by atoms with Crippen molar-refractivity contribution in [3.8, 4) is 0 Å². The number of piperidine rings is 1. The van der Waals surface area contributed by atoms with Crippen LogP contribution in [0.4, 0.5) is 0 Å². The number of nitrogens with zero attached hydrogens (tertiary/aromatic N) is 5. The van der Waals surface area contributed by atoms with Gasteiger partial charge in [-0.05, 0) is 25.7 Å². The lowest BCUT2D eigenvalue weighted by Gasteiger charge is -2.31. The number of aromatic nitrogens is 4. The lowest BCUT2D eigenvalue weighted by Crippen LogP contribution is -2.38. The van der Waals surface area contributed by atoms with Crippen molar-refractivity contribution in [2.24, 2.45) is 13.0 Å². The second-order valence-corrected chi connectivity index (χ2v) is 7.35. The first kappa shape index (κ1) is 18.4. The second kappa shape index (κ2) is 7.47. The van der Waals surface area contributed by atoms with E-state index in [1.807, 2.05) is 11.8 Å². The number of hydrogen-bond donors (Lipinski definition) is 0. The summed E-state index contributed by atoms with van der Waals surface area (Å²) in [6.45, 7) is 8.02. The Hall–Kier alpha value is -2.38. The number of amides is 1. The number of likely N-dealkylation sites (tertiary alicyclic amines) is 1. The zero-order valence-electron chi connectivity index (χ0n) is 15.9. The maximum atomic E-state index is 12.7. The van der Waals surface area contributed by atoms with Crippen LogP contribution in [0.5, 0.6) is 0 Å². The van der Waals surface area contributed by atoms with Gasteiger partial charge in [0.1, 0.15) is 11.6 Å². The number of rotatable bonds is 5. The van der Waals surface area contributed by atoms with E-state index in [-0.39, 0.29) is 17.5 Å². The summed E-state index contributed by atoms with van der Waals surface area (Å²) < 4.78 is 8.39. The fourth-order valence-corrected chi connectivity index (χ4v) is 3.54. The molecular formula is C18H27N5O3. The van der Waals surface area contributed by atoms with Crippen molar-refractivity contribution in [2.75, 3.05) is 13.1 Å². The Labute approximate surface area is 152 Å². The minimum atomic E-state index is -0.0869. The van der Waals surface area contributed by atoms with Crippen LogP contribution in [0.15, 0.2) is 15.4 Å². The van der Waals surface area contributed by atoms with Crippen molar-refractivity contribution in [1.82, 2.24) is 24.4 Å². The van der Waals surface area contributed by atoms with Gasteiger partial charge in [0.2, 0.25) is 0 Å². The summed E-state index contributed by atoms with van der Waals surface area (Å²) in [5.41, 5.74) is 0.295. The molecule has 2 aromatic heterocycles. The van der Waals surface area contributed by atoms with E-state index in [1.165, 1.54) is 4.68 Å². The lowest BCUT2D eigenvalue weighted by atomic mass is 9.95. The third kappa shape index (κ3) is 3.59. The van der Waals surface area contributed by atoms with E-state index in [0.717, 1.165) is 30.8 Å². The topological polar surface area (TPSA) is 86.2 Å². The molecule has 8 heteroatoms. The molecule has 26 heavy (non-hydrogen) atoms. The molecule has 0 radical (unpaired) electrons. The third-order valence-corrected chi connectivity index (χ3v) is 4.89. The summed E-state index contributed by atoms with van der Waals surface area (Å²) in [6.07, 6.45) is 2.36. The van der Waals surface area contributed by atoms with Crippen LogP contribution in [0.2, 0.25) is 0 Å². The predicted molar refractivity (Wildman–Crippen MR) is 96.1 cm³/mol. The highest BCUT2D eigenvalue weighted by Crippen LogP contribution is 2.27. The van der Waals surface area contributed by atoms with Crippen LogP contribution in [0.1, 0.15) is 61.6 Å². The van der Waals surface area contributed by atoms with Crippen molar-refractivity contribution >= 4 is 5.91 Å². The minimum absolute atomic E-state index is 0.0821. The molecular weight excluding hydrogens is 334 g/mol. The molecule has 142 valence electrons. The van der Waals surface area contributed by atoms with Crippen LogP contribution in [0, 0.1) is 5.92 Å². The van der Waals surface area contributed by atoms with E-state index in [1.54, 1.807) is 17.7 Å². The van der Waals surface area contributed by atoms with Crippen molar-refractivity contribution in [2.45, 2.75) is 52.5 Å². The highest BCUT2D eigenvalue weighted by atomic mass is 16.5. The molecule has 0 bridgehead atoms. The summed E-state index contributed by atoms with van der Waals surface area (Å²) in [5, 5.41) is 8.34. The van der Waals surface area contributed by atoms with Crippen molar-refractivity contribution < 1.29 is 9.32 Å². The number of hydrogen-bond acceptors (Lipinski definition) is 5. The Balaban J connectivity index is 1.65. The fraction of sp³-hybridized carbons (Fsp3) is 0.667. The van der Waals surface area contributed by atoms with E-state index < -0.39 is 0 Å². The molecule has 0 spiro atoms. The van der Waals surface area contributed by atoms with E-state index in [9.17, 15) is 9.59 Å². The first-order valence-corrected chi connectivity index (χ1v) is 9.29. The summed E-state index contributed by atoms with van der Waals surface area (Å²) in [4.78, 5) is 26.5. The molecule has 3 heterocycles. The highest BCUT2D eigenvalue weighted by molar-refractivity contribution is 5.92. The number of carbonyl (C=O) groups is 1. The predicted octanol–water partition coefficient (Wildman–Crippen LogP) is 1.81. The van der Waals surface area contributed by atoms with Gasteiger partial charge in [0.05, 0.1) is 0 Å². The molecule has 0 aromatic carbocycles. The van der Waals surface area contributed by atoms with Gasteiger partial charge in [0.25, 0.3) is 5.91 Å². The zero-order chi connectivity index (χ0) is 18.8. The Morgan fingerprint density at radius 2 is 2.04 bits per heavy atom. The summed E-state index contributed by atoms with van der Waals surface area (Å²) in [5.74, 6) is 2.14. The molecule has 8 nitrogen and oxygen atoms in total. The summed E-state index contributed by atoms with van der Waals surface area (Å²) in [6, 6.07) is 1.75. The minimum Gasteiger partial charge on any atom is -0.361 e. The normalized spacial score (nSPS) is 15.8. The van der Waals surface area contributed by atoms with Gasteiger partial charge in [-0.15, -0.1) is 0 Å². The van der Waals surface area contributed by atoms with Crippen LogP contribution in [-0.2, 0) is 20.0 Å². The van der Waals surface area contributed by atoms with Crippen LogP contribution in [0.25, 0.3) is 0 Å². The zero-order valence-corrected chi connectivity index (χ0v) is 15.9. The van der Waals surface area contributed by atoms with Crippen molar-refractivity contribution in [3.63, 3.8) is 0 Å². The Morgan fingerprint density at radius 1 is 1.35 bits per heavy atom. The van der Waals surface area contributed by atoms with E-state index in [2.05, 4.69) is 24.1 Å². The number of aryl methyl sites for hydroxylation is 1. The van der Waals surface area contributed by atoms with Gasteiger partial charge in [0.15, 0.2) is 5.69 Å². The molecule has 1 amide bonds. The summed E-state index contributed by atoms with van der Waals surface area (Å²) in [7, 11) is 1.68. The first-order chi connectivity index (χ1) is 12.4.